The normalized spacial score (nSPS) is 11.7. The molecule has 5 nitrogen and oxygen atoms in total. The van der Waals surface area contributed by atoms with E-state index < -0.39 is 23.3 Å². The molecule has 1 aromatic heterocycles. The Bertz CT molecular complexity index is 1210. The van der Waals surface area contributed by atoms with Crippen molar-refractivity contribution in [1.82, 2.24) is 4.57 Å². The molecule has 30 heavy (non-hydrogen) atoms. The van der Waals surface area contributed by atoms with Crippen LogP contribution < -0.4 is 5.32 Å². The molecular weight excluding hydrogens is 393 g/mol. The lowest BCUT2D eigenvalue weighted by atomic mass is 10.1. The number of nitrogens with zero attached hydrogens (tertiary/aromatic N) is 3. The van der Waals surface area contributed by atoms with Crippen molar-refractivity contribution in [2.75, 3.05) is 5.32 Å². The number of anilines is 1. The molecule has 1 amide bonds. The fourth-order valence-electron chi connectivity index (χ4n) is 3.08. The van der Waals surface area contributed by atoms with Gasteiger partial charge in [0.2, 0.25) is 0 Å². The van der Waals surface area contributed by atoms with Crippen LogP contribution in [0.1, 0.15) is 17.5 Å². The molecule has 3 aromatic rings. The second kappa shape index (κ2) is 8.54. The molecular formula is C22H15F3N4O. The van der Waals surface area contributed by atoms with Crippen LogP contribution in [0.4, 0.5) is 18.9 Å². The number of aromatic nitrogens is 1. The fraction of sp³-hybridized carbons (Fsp3) is 0.136. The lowest BCUT2D eigenvalue weighted by Gasteiger charge is -2.13. The summed E-state index contributed by atoms with van der Waals surface area (Å²) >= 11 is 0. The molecule has 0 unspecified atom stereocenters. The van der Waals surface area contributed by atoms with Crippen LogP contribution in [0.25, 0.3) is 17.0 Å². The quantitative estimate of drug-likeness (QED) is 0.470. The summed E-state index contributed by atoms with van der Waals surface area (Å²) in [4.78, 5) is 12.5. The summed E-state index contributed by atoms with van der Waals surface area (Å²) in [5.74, 6) is -0.942. The SMILES string of the molecule is N#CCCn1cc(/C=C(\C#N)C(=O)Nc2ccccc2C(F)(F)F)c2ccccc21. The van der Waals surface area contributed by atoms with E-state index in [4.69, 9.17) is 5.26 Å². The molecule has 3 rings (SSSR count). The first-order valence-corrected chi connectivity index (χ1v) is 8.89. The Labute approximate surface area is 170 Å². The third kappa shape index (κ3) is 4.34. The number of rotatable bonds is 5. The highest BCUT2D eigenvalue weighted by atomic mass is 19.4. The number of hydrogen-bond acceptors (Lipinski definition) is 3. The van der Waals surface area contributed by atoms with Crippen LogP contribution in [0.3, 0.4) is 0 Å². The molecule has 0 saturated carbocycles. The lowest BCUT2D eigenvalue weighted by molar-refractivity contribution is -0.137. The number of carbonyl (C=O) groups excluding carboxylic acids is 1. The van der Waals surface area contributed by atoms with Crippen LogP contribution in [-0.2, 0) is 17.5 Å². The fourth-order valence-corrected chi connectivity index (χ4v) is 3.08. The maximum absolute atomic E-state index is 13.2. The largest absolute Gasteiger partial charge is 0.418 e. The lowest BCUT2D eigenvalue weighted by Crippen LogP contribution is -2.17. The number of aryl methyl sites for hydroxylation is 1. The van der Waals surface area contributed by atoms with Crippen LogP contribution in [0.15, 0.2) is 60.3 Å². The second-order valence-electron chi connectivity index (χ2n) is 6.37. The molecule has 0 aliphatic carbocycles. The summed E-state index contributed by atoms with van der Waals surface area (Å²) in [6.07, 6.45) is -1.33. The third-order valence-electron chi connectivity index (χ3n) is 4.43. The number of fused-ring (bicyclic) bond motifs is 1. The van der Waals surface area contributed by atoms with E-state index in [9.17, 15) is 23.2 Å². The zero-order valence-corrected chi connectivity index (χ0v) is 15.6. The number of alkyl halides is 3. The van der Waals surface area contributed by atoms with Gasteiger partial charge in [-0.3, -0.25) is 4.79 Å². The first kappa shape index (κ1) is 20.7. The van der Waals surface area contributed by atoms with Gasteiger partial charge in [0, 0.05) is 29.2 Å². The molecule has 0 bridgehead atoms. The summed E-state index contributed by atoms with van der Waals surface area (Å²) in [6, 6.07) is 15.6. The molecule has 0 aliphatic heterocycles. The average molecular weight is 408 g/mol. The van der Waals surface area contributed by atoms with Crippen molar-refractivity contribution in [3.63, 3.8) is 0 Å². The average Bonchev–Trinajstić information content (AvgIpc) is 3.07. The third-order valence-corrected chi connectivity index (χ3v) is 4.43. The van der Waals surface area contributed by atoms with Crippen LogP contribution >= 0.6 is 0 Å². The van der Waals surface area contributed by atoms with Crippen molar-refractivity contribution in [3.05, 3.63) is 71.4 Å². The van der Waals surface area contributed by atoms with Crippen molar-refractivity contribution >= 4 is 28.6 Å². The van der Waals surface area contributed by atoms with Gasteiger partial charge >= 0.3 is 6.18 Å². The van der Waals surface area contributed by atoms with Gasteiger partial charge in [-0.15, -0.1) is 0 Å². The van der Waals surface area contributed by atoms with Gasteiger partial charge in [-0.05, 0) is 24.3 Å². The van der Waals surface area contributed by atoms with Gasteiger partial charge in [-0.1, -0.05) is 30.3 Å². The van der Waals surface area contributed by atoms with Gasteiger partial charge < -0.3 is 9.88 Å². The van der Waals surface area contributed by atoms with E-state index in [0.29, 0.717) is 12.1 Å². The smallest absolute Gasteiger partial charge is 0.346 e. The Balaban J connectivity index is 1.97. The van der Waals surface area contributed by atoms with E-state index in [1.807, 2.05) is 16.7 Å². The Hall–Kier alpha value is -4.04. The zero-order valence-electron chi connectivity index (χ0n) is 15.6. The molecule has 0 fully saturated rings. The predicted molar refractivity (Wildman–Crippen MR) is 106 cm³/mol. The molecule has 0 saturated heterocycles. The van der Waals surface area contributed by atoms with Crippen molar-refractivity contribution < 1.29 is 18.0 Å². The van der Waals surface area contributed by atoms with Crippen molar-refractivity contribution in [1.29, 1.82) is 10.5 Å². The van der Waals surface area contributed by atoms with Gasteiger partial charge in [0.25, 0.3) is 5.91 Å². The molecule has 0 atom stereocenters. The molecule has 8 heteroatoms. The van der Waals surface area contributed by atoms with E-state index in [2.05, 4.69) is 11.4 Å². The number of nitriles is 2. The number of benzene rings is 2. The van der Waals surface area contributed by atoms with Crippen LogP contribution in [0.5, 0.6) is 0 Å². The Morgan fingerprint density at radius 3 is 2.50 bits per heavy atom. The van der Waals surface area contributed by atoms with Gasteiger partial charge in [0.05, 0.1) is 23.7 Å². The van der Waals surface area contributed by atoms with Crippen molar-refractivity contribution in [2.24, 2.45) is 0 Å². The maximum atomic E-state index is 13.2. The Kier molecular flexibility index (Phi) is 5.89. The maximum Gasteiger partial charge on any atom is 0.418 e. The number of para-hydroxylation sites is 2. The summed E-state index contributed by atoms with van der Waals surface area (Å²) in [5, 5.41) is 21.2. The molecule has 0 spiro atoms. The summed E-state index contributed by atoms with van der Waals surface area (Å²) in [6.45, 7) is 0.428. The molecule has 1 N–H and O–H groups in total. The summed E-state index contributed by atoms with van der Waals surface area (Å²) in [7, 11) is 0. The first-order chi connectivity index (χ1) is 14.3. The van der Waals surface area contributed by atoms with Crippen molar-refractivity contribution in [3.8, 4) is 12.1 Å². The highest BCUT2D eigenvalue weighted by Gasteiger charge is 2.33. The van der Waals surface area contributed by atoms with E-state index in [1.54, 1.807) is 24.4 Å². The van der Waals surface area contributed by atoms with E-state index in [1.165, 1.54) is 18.2 Å². The number of amides is 1. The Morgan fingerprint density at radius 2 is 1.80 bits per heavy atom. The van der Waals surface area contributed by atoms with Gasteiger partial charge in [0.1, 0.15) is 11.6 Å². The van der Waals surface area contributed by atoms with Crippen LogP contribution in [-0.4, -0.2) is 10.5 Å². The standard InChI is InChI=1S/C22H15F3N4O/c23-22(24,25)18-7-2-3-8-19(18)28-21(30)15(13-27)12-16-14-29(11-5-10-26)20-9-4-1-6-17(16)20/h1-4,6-9,12,14H,5,11H2,(H,28,30)/b15-12+. The minimum absolute atomic E-state index is 0.279. The topological polar surface area (TPSA) is 81.6 Å². The molecule has 2 aromatic carbocycles. The molecule has 0 aliphatic rings. The summed E-state index contributed by atoms with van der Waals surface area (Å²) in [5.41, 5.74) is -0.384. The van der Waals surface area contributed by atoms with Crippen LogP contribution in [0, 0.1) is 22.7 Å². The number of hydrogen-bond donors (Lipinski definition) is 1. The van der Waals surface area contributed by atoms with E-state index in [0.717, 1.165) is 23.0 Å². The zero-order chi connectivity index (χ0) is 21.7. The van der Waals surface area contributed by atoms with E-state index >= 15 is 0 Å². The van der Waals surface area contributed by atoms with Gasteiger partial charge in [-0.2, -0.15) is 23.7 Å². The second-order valence-corrected chi connectivity index (χ2v) is 6.37. The van der Waals surface area contributed by atoms with Gasteiger partial charge in [-0.25, -0.2) is 0 Å². The summed E-state index contributed by atoms with van der Waals surface area (Å²) < 4.78 is 41.3. The molecule has 150 valence electrons. The highest BCUT2D eigenvalue weighted by molar-refractivity contribution is 6.11. The highest BCUT2D eigenvalue weighted by Crippen LogP contribution is 2.34. The minimum atomic E-state index is -4.64. The minimum Gasteiger partial charge on any atom is -0.346 e. The van der Waals surface area contributed by atoms with E-state index in [-0.39, 0.29) is 12.0 Å². The monoisotopic (exact) mass is 408 g/mol. The van der Waals surface area contributed by atoms with Crippen molar-refractivity contribution in [2.45, 2.75) is 19.1 Å². The van der Waals surface area contributed by atoms with Crippen LogP contribution in [0.2, 0.25) is 0 Å². The number of carbonyl (C=O) groups is 1. The number of halogens is 3. The van der Waals surface area contributed by atoms with Gasteiger partial charge in [0.15, 0.2) is 0 Å². The first-order valence-electron chi connectivity index (χ1n) is 8.89. The molecule has 1 heterocycles. The number of nitrogens with one attached hydrogen (secondary N) is 1. The molecule has 0 radical (unpaired) electrons. The Morgan fingerprint density at radius 1 is 1.10 bits per heavy atom. The predicted octanol–water partition coefficient (Wildman–Crippen LogP) is 5.12.